The molecule has 4 bridgehead atoms. The van der Waals surface area contributed by atoms with E-state index in [1.54, 1.807) is 0 Å². The molecule has 1 heterocycles. The van der Waals surface area contributed by atoms with Gasteiger partial charge in [-0.05, 0) is 82.3 Å². The summed E-state index contributed by atoms with van der Waals surface area (Å²) >= 11 is 5.22. The van der Waals surface area contributed by atoms with Gasteiger partial charge in [0.15, 0.2) is 10.6 Å². The molecule has 4 aliphatic rings. The molecule has 0 radical (unpaired) electrons. The average Bonchev–Trinajstić information content (AvgIpc) is 2.99. The van der Waals surface area contributed by atoms with Gasteiger partial charge in [0.05, 0.1) is 6.54 Å². The Hall–Kier alpha value is -1.70. The van der Waals surface area contributed by atoms with Gasteiger partial charge in [-0.25, -0.2) is 0 Å². The fourth-order valence-electron chi connectivity index (χ4n) is 6.13. The van der Waals surface area contributed by atoms with Crippen LogP contribution in [0.25, 0.3) is 0 Å². The number of amides is 2. The summed E-state index contributed by atoms with van der Waals surface area (Å²) in [6.45, 7) is 4.77. The maximum absolute atomic E-state index is 12.9. The van der Waals surface area contributed by atoms with Gasteiger partial charge in [0.25, 0.3) is 0 Å². The zero-order valence-electron chi connectivity index (χ0n) is 16.8. The van der Waals surface area contributed by atoms with Crippen LogP contribution in [0.4, 0.5) is 0 Å². The van der Waals surface area contributed by atoms with E-state index in [1.165, 1.54) is 19.3 Å². The molecule has 3 N–H and O–H groups in total. The third kappa shape index (κ3) is 3.75. The van der Waals surface area contributed by atoms with Crippen molar-refractivity contribution in [2.75, 3.05) is 6.54 Å². The fraction of sp³-hybridized carbons (Fsp3) is 0.800. The van der Waals surface area contributed by atoms with Crippen molar-refractivity contribution in [3.63, 3.8) is 0 Å². The molecule has 4 saturated carbocycles. The Labute approximate surface area is 171 Å². The number of nitrogens with zero attached hydrogens (tertiary/aromatic N) is 2. The Balaban J connectivity index is 1.24. The summed E-state index contributed by atoms with van der Waals surface area (Å²) in [7, 11) is 0. The van der Waals surface area contributed by atoms with E-state index in [1.807, 2.05) is 18.4 Å². The Kier molecular flexibility index (Phi) is 5.33. The number of rotatable bonds is 7. The highest BCUT2D eigenvalue weighted by molar-refractivity contribution is 7.71. The van der Waals surface area contributed by atoms with Gasteiger partial charge in [-0.15, -0.1) is 0 Å². The summed E-state index contributed by atoms with van der Waals surface area (Å²) in [6.07, 6.45) is 7.41. The van der Waals surface area contributed by atoms with Crippen LogP contribution in [0.1, 0.15) is 70.7 Å². The van der Waals surface area contributed by atoms with Crippen LogP contribution in [-0.4, -0.2) is 33.1 Å². The van der Waals surface area contributed by atoms with Crippen molar-refractivity contribution in [1.82, 2.24) is 25.4 Å². The molecule has 4 aliphatic carbocycles. The minimum atomic E-state index is -0.150. The van der Waals surface area contributed by atoms with Crippen LogP contribution < -0.4 is 10.6 Å². The second kappa shape index (κ2) is 7.61. The van der Waals surface area contributed by atoms with Gasteiger partial charge in [0.1, 0.15) is 0 Å². The molecule has 4 fully saturated rings. The van der Waals surface area contributed by atoms with Crippen LogP contribution in [0.5, 0.6) is 0 Å². The number of H-pyrrole nitrogens is 1. The van der Waals surface area contributed by atoms with E-state index in [4.69, 9.17) is 12.2 Å². The Morgan fingerprint density at radius 2 is 1.79 bits per heavy atom. The van der Waals surface area contributed by atoms with Crippen molar-refractivity contribution in [3.05, 3.63) is 10.6 Å². The van der Waals surface area contributed by atoms with Gasteiger partial charge >= 0.3 is 0 Å². The standard InChI is InChI=1S/C20H31N5O2S/c1-12(2)25-16(23-24-19(25)28)11-22-17(26)3-4-21-18(27)20-8-13-5-14(9-20)7-15(6-13)10-20/h12-15H,3-11H2,1-2H3,(H,21,27)(H,22,26)(H,24,28). The highest BCUT2D eigenvalue weighted by Gasteiger charge is 2.54. The minimum absolute atomic E-state index is 0.0879. The Bertz CT molecular complexity index is 776. The van der Waals surface area contributed by atoms with Crippen LogP contribution in [0.3, 0.4) is 0 Å². The highest BCUT2D eigenvalue weighted by atomic mass is 32.1. The third-order valence-electron chi connectivity index (χ3n) is 6.90. The highest BCUT2D eigenvalue weighted by Crippen LogP contribution is 2.60. The molecule has 0 saturated heterocycles. The summed E-state index contributed by atoms with van der Waals surface area (Å²) in [5.41, 5.74) is -0.150. The predicted octanol–water partition coefficient (Wildman–Crippen LogP) is 2.86. The molecule has 1 aromatic heterocycles. The zero-order chi connectivity index (χ0) is 19.9. The second-order valence-corrected chi connectivity index (χ2v) is 9.78. The SMILES string of the molecule is CC(C)n1c(CNC(=O)CCNC(=O)C23CC4CC(CC(C4)C2)C3)n[nH]c1=S. The molecule has 154 valence electrons. The number of aromatic nitrogens is 3. The lowest BCUT2D eigenvalue weighted by atomic mass is 9.49. The third-order valence-corrected chi connectivity index (χ3v) is 7.18. The summed E-state index contributed by atoms with van der Waals surface area (Å²) < 4.78 is 2.45. The summed E-state index contributed by atoms with van der Waals surface area (Å²) in [5.74, 6) is 3.05. The number of hydrogen-bond donors (Lipinski definition) is 3. The first kappa shape index (κ1) is 19.6. The van der Waals surface area contributed by atoms with E-state index in [2.05, 4.69) is 20.8 Å². The molecule has 5 rings (SSSR count). The quantitative estimate of drug-likeness (QED) is 0.608. The Morgan fingerprint density at radius 3 is 2.36 bits per heavy atom. The van der Waals surface area contributed by atoms with Crippen molar-refractivity contribution in [3.8, 4) is 0 Å². The van der Waals surface area contributed by atoms with Crippen LogP contribution in [0.15, 0.2) is 0 Å². The van der Waals surface area contributed by atoms with E-state index in [9.17, 15) is 9.59 Å². The first-order chi connectivity index (χ1) is 13.4. The topological polar surface area (TPSA) is 91.8 Å². The van der Waals surface area contributed by atoms with E-state index in [-0.39, 0.29) is 29.7 Å². The summed E-state index contributed by atoms with van der Waals surface area (Å²) in [4.78, 5) is 25.1. The van der Waals surface area contributed by atoms with E-state index < -0.39 is 0 Å². The zero-order valence-corrected chi connectivity index (χ0v) is 17.6. The number of hydrogen-bond acceptors (Lipinski definition) is 4. The van der Waals surface area contributed by atoms with E-state index in [0.717, 1.165) is 37.0 Å². The number of nitrogens with one attached hydrogen (secondary N) is 3. The molecular formula is C20H31N5O2S. The van der Waals surface area contributed by atoms with Gasteiger partial charge in [-0.2, -0.15) is 5.10 Å². The minimum Gasteiger partial charge on any atom is -0.355 e. The van der Waals surface area contributed by atoms with Gasteiger partial charge in [0, 0.05) is 24.4 Å². The summed E-state index contributed by atoms with van der Waals surface area (Å²) in [6, 6.07) is 0.178. The predicted molar refractivity (Wildman–Crippen MR) is 108 cm³/mol. The number of carbonyl (C=O) groups excluding carboxylic acids is 2. The molecule has 7 nitrogen and oxygen atoms in total. The van der Waals surface area contributed by atoms with Crippen molar-refractivity contribution in [2.24, 2.45) is 23.2 Å². The molecule has 28 heavy (non-hydrogen) atoms. The van der Waals surface area contributed by atoms with Gasteiger partial charge < -0.3 is 15.2 Å². The van der Waals surface area contributed by atoms with Crippen LogP contribution >= 0.6 is 12.2 Å². The van der Waals surface area contributed by atoms with Crippen molar-refractivity contribution >= 4 is 24.0 Å². The average molecular weight is 406 g/mol. The molecule has 0 aliphatic heterocycles. The fourth-order valence-corrected chi connectivity index (χ4v) is 6.49. The second-order valence-electron chi connectivity index (χ2n) is 9.39. The Morgan fingerprint density at radius 1 is 1.18 bits per heavy atom. The maximum Gasteiger partial charge on any atom is 0.226 e. The maximum atomic E-state index is 12.9. The first-order valence-corrected chi connectivity index (χ1v) is 11.0. The first-order valence-electron chi connectivity index (χ1n) is 10.6. The van der Waals surface area contributed by atoms with E-state index in [0.29, 0.717) is 23.7 Å². The monoisotopic (exact) mass is 405 g/mol. The lowest BCUT2D eigenvalue weighted by Gasteiger charge is -2.55. The van der Waals surface area contributed by atoms with Gasteiger partial charge in [-0.1, -0.05) is 0 Å². The van der Waals surface area contributed by atoms with E-state index >= 15 is 0 Å². The van der Waals surface area contributed by atoms with Crippen LogP contribution in [0.2, 0.25) is 0 Å². The van der Waals surface area contributed by atoms with Crippen LogP contribution in [0, 0.1) is 27.9 Å². The van der Waals surface area contributed by atoms with Gasteiger partial charge in [-0.3, -0.25) is 14.7 Å². The molecule has 0 unspecified atom stereocenters. The van der Waals surface area contributed by atoms with Crippen molar-refractivity contribution < 1.29 is 9.59 Å². The summed E-state index contributed by atoms with van der Waals surface area (Å²) in [5, 5.41) is 12.9. The van der Waals surface area contributed by atoms with Crippen molar-refractivity contribution in [1.29, 1.82) is 0 Å². The van der Waals surface area contributed by atoms with Gasteiger partial charge in [0.2, 0.25) is 11.8 Å². The molecule has 2 amide bonds. The number of aromatic amines is 1. The molecular weight excluding hydrogens is 374 g/mol. The largest absolute Gasteiger partial charge is 0.355 e. The lowest BCUT2D eigenvalue weighted by Crippen LogP contribution is -2.53. The van der Waals surface area contributed by atoms with Crippen molar-refractivity contribution in [2.45, 2.75) is 71.4 Å². The number of carbonyl (C=O) groups is 2. The molecule has 0 atom stereocenters. The molecule has 8 heteroatoms. The molecule has 0 aromatic carbocycles. The normalized spacial score (nSPS) is 30.6. The molecule has 1 aromatic rings. The lowest BCUT2D eigenvalue weighted by molar-refractivity contribution is -0.146. The smallest absolute Gasteiger partial charge is 0.226 e. The van der Waals surface area contributed by atoms with Crippen LogP contribution in [-0.2, 0) is 16.1 Å². The molecule has 0 spiro atoms.